The minimum Gasteiger partial charge on any atom is -0.496 e. The van der Waals surface area contributed by atoms with E-state index in [1.54, 1.807) is 31.4 Å². The molecule has 1 aromatic rings. The number of nitrogens with one attached hydrogen (secondary N) is 1. The predicted molar refractivity (Wildman–Crippen MR) is 76.4 cm³/mol. The molecule has 1 aromatic carbocycles. The van der Waals surface area contributed by atoms with E-state index in [2.05, 4.69) is 10.3 Å². The van der Waals surface area contributed by atoms with Gasteiger partial charge in [0.1, 0.15) is 17.3 Å². The summed E-state index contributed by atoms with van der Waals surface area (Å²) < 4.78 is 5.24. The molecule has 1 aliphatic rings. The second kappa shape index (κ2) is 5.45. The number of aliphatic imine (C=N–C) groups is 1. The van der Waals surface area contributed by atoms with E-state index in [-0.39, 0.29) is 11.8 Å². The number of ether oxygens (including phenoxy) is 1. The summed E-state index contributed by atoms with van der Waals surface area (Å²) in [6, 6.07) is 5.23. The lowest BCUT2D eigenvalue weighted by Gasteiger charge is -2.05. The SMILES string of the molecule is COc1ccc(Cl)cc1/C=C1/N=C(C(C)C)NC1=O. The van der Waals surface area contributed by atoms with E-state index in [0.717, 1.165) is 5.56 Å². The summed E-state index contributed by atoms with van der Waals surface area (Å²) in [7, 11) is 1.57. The minimum absolute atomic E-state index is 0.177. The third-order valence-electron chi connectivity index (χ3n) is 2.75. The van der Waals surface area contributed by atoms with E-state index in [9.17, 15) is 4.79 Å². The maximum absolute atomic E-state index is 11.8. The molecule has 0 saturated carbocycles. The molecule has 0 atom stereocenters. The Bertz CT molecular complexity index is 577. The molecule has 0 unspecified atom stereocenters. The molecule has 100 valence electrons. The number of rotatable bonds is 3. The number of hydrogen-bond donors (Lipinski definition) is 1. The van der Waals surface area contributed by atoms with E-state index in [4.69, 9.17) is 16.3 Å². The Morgan fingerprint density at radius 1 is 1.42 bits per heavy atom. The third kappa shape index (κ3) is 2.96. The van der Waals surface area contributed by atoms with E-state index in [1.165, 1.54) is 0 Å². The molecule has 1 amide bonds. The fraction of sp³-hybridized carbons (Fsp3) is 0.286. The summed E-state index contributed by atoms with van der Waals surface area (Å²) in [4.78, 5) is 16.1. The Hall–Kier alpha value is -1.81. The molecule has 0 bridgehead atoms. The molecule has 4 nitrogen and oxygen atoms in total. The molecule has 0 aliphatic carbocycles. The second-order valence-electron chi connectivity index (χ2n) is 4.52. The standard InChI is InChI=1S/C14H15ClN2O2/c1-8(2)13-16-11(14(18)17-13)7-9-6-10(15)4-5-12(9)19-3/h4-8H,1-3H3,(H,16,17,18)/b11-7+. The van der Waals surface area contributed by atoms with Crippen LogP contribution in [0.2, 0.25) is 5.02 Å². The van der Waals surface area contributed by atoms with Gasteiger partial charge in [-0.25, -0.2) is 4.99 Å². The Labute approximate surface area is 117 Å². The maximum atomic E-state index is 11.8. The zero-order valence-electron chi connectivity index (χ0n) is 11.0. The van der Waals surface area contributed by atoms with Gasteiger partial charge in [0.15, 0.2) is 0 Å². The van der Waals surface area contributed by atoms with Crippen molar-refractivity contribution in [3.8, 4) is 5.75 Å². The largest absolute Gasteiger partial charge is 0.496 e. The molecule has 1 aliphatic heterocycles. The highest BCUT2D eigenvalue weighted by atomic mass is 35.5. The van der Waals surface area contributed by atoms with Gasteiger partial charge in [-0.15, -0.1) is 0 Å². The first kappa shape index (κ1) is 13.6. The van der Waals surface area contributed by atoms with Gasteiger partial charge in [0.25, 0.3) is 5.91 Å². The third-order valence-corrected chi connectivity index (χ3v) is 2.98. The van der Waals surface area contributed by atoms with Crippen molar-refractivity contribution in [2.45, 2.75) is 13.8 Å². The first-order valence-electron chi connectivity index (χ1n) is 5.96. The Morgan fingerprint density at radius 2 is 2.16 bits per heavy atom. The highest BCUT2D eigenvalue weighted by Gasteiger charge is 2.22. The second-order valence-corrected chi connectivity index (χ2v) is 4.96. The van der Waals surface area contributed by atoms with E-state index in [0.29, 0.717) is 22.3 Å². The van der Waals surface area contributed by atoms with Gasteiger partial charge in [-0.3, -0.25) is 4.79 Å². The van der Waals surface area contributed by atoms with Gasteiger partial charge in [-0.1, -0.05) is 25.4 Å². The normalized spacial score (nSPS) is 16.8. The van der Waals surface area contributed by atoms with E-state index in [1.807, 2.05) is 13.8 Å². The van der Waals surface area contributed by atoms with Crippen LogP contribution in [0.5, 0.6) is 5.75 Å². The van der Waals surface area contributed by atoms with Gasteiger partial charge >= 0.3 is 0 Å². The smallest absolute Gasteiger partial charge is 0.275 e. The number of hydrogen-bond acceptors (Lipinski definition) is 3. The molecule has 5 heteroatoms. The highest BCUT2D eigenvalue weighted by Crippen LogP contribution is 2.26. The molecule has 0 radical (unpaired) electrons. The molecule has 1 N–H and O–H groups in total. The quantitative estimate of drug-likeness (QED) is 0.865. The van der Waals surface area contributed by atoms with Crippen molar-refractivity contribution in [3.63, 3.8) is 0 Å². The van der Waals surface area contributed by atoms with Crippen LogP contribution in [0.3, 0.4) is 0 Å². The summed E-state index contributed by atoms with van der Waals surface area (Å²) in [5.41, 5.74) is 1.10. The zero-order valence-corrected chi connectivity index (χ0v) is 11.8. The lowest BCUT2D eigenvalue weighted by molar-refractivity contribution is -0.115. The molecule has 1 heterocycles. The number of methoxy groups -OCH3 is 1. The lowest BCUT2D eigenvalue weighted by atomic mass is 10.1. The molecule has 2 rings (SSSR count). The minimum atomic E-state index is -0.203. The summed E-state index contributed by atoms with van der Waals surface area (Å²) in [5, 5.41) is 3.33. The van der Waals surface area contributed by atoms with Gasteiger partial charge in [0, 0.05) is 16.5 Å². The van der Waals surface area contributed by atoms with Crippen LogP contribution < -0.4 is 10.1 Å². The average molecular weight is 279 g/mol. The number of carbonyl (C=O) groups is 1. The first-order chi connectivity index (χ1) is 9.01. The number of amidine groups is 1. The molecule has 19 heavy (non-hydrogen) atoms. The van der Waals surface area contributed by atoms with Crippen LogP contribution in [0.15, 0.2) is 28.9 Å². The summed E-state index contributed by atoms with van der Waals surface area (Å²) in [6.45, 7) is 3.95. The molecule has 0 aromatic heterocycles. The topological polar surface area (TPSA) is 50.7 Å². The van der Waals surface area contributed by atoms with Crippen molar-refractivity contribution in [1.29, 1.82) is 0 Å². The molecule has 0 fully saturated rings. The Balaban J connectivity index is 2.41. The summed E-state index contributed by atoms with van der Waals surface area (Å²) >= 11 is 5.95. The summed E-state index contributed by atoms with van der Waals surface area (Å²) in [6.07, 6.45) is 1.68. The Morgan fingerprint density at radius 3 is 2.74 bits per heavy atom. The number of amides is 1. The van der Waals surface area contributed by atoms with Crippen LogP contribution in [0, 0.1) is 5.92 Å². The predicted octanol–water partition coefficient (Wildman–Crippen LogP) is 2.87. The van der Waals surface area contributed by atoms with Crippen molar-refractivity contribution in [1.82, 2.24) is 5.32 Å². The van der Waals surface area contributed by atoms with Crippen LogP contribution in [0.1, 0.15) is 19.4 Å². The fourth-order valence-corrected chi connectivity index (χ4v) is 1.91. The Kier molecular flexibility index (Phi) is 3.90. The van der Waals surface area contributed by atoms with Gasteiger partial charge in [0.2, 0.25) is 0 Å². The first-order valence-corrected chi connectivity index (χ1v) is 6.34. The number of nitrogens with zero attached hydrogens (tertiary/aromatic N) is 1. The van der Waals surface area contributed by atoms with Gasteiger partial charge < -0.3 is 10.1 Å². The van der Waals surface area contributed by atoms with Crippen LogP contribution in [0.4, 0.5) is 0 Å². The van der Waals surface area contributed by atoms with Crippen molar-refractivity contribution in [2.75, 3.05) is 7.11 Å². The van der Waals surface area contributed by atoms with E-state index >= 15 is 0 Å². The van der Waals surface area contributed by atoms with Gasteiger partial charge in [-0.2, -0.15) is 0 Å². The van der Waals surface area contributed by atoms with Crippen molar-refractivity contribution in [2.24, 2.45) is 10.9 Å². The maximum Gasteiger partial charge on any atom is 0.275 e. The lowest BCUT2D eigenvalue weighted by Crippen LogP contribution is -2.27. The molecular formula is C14H15ClN2O2. The molecule has 0 spiro atoms. The number of halogens is 1. The fourth-order valence-electron chi connectivity index (χ4n) is 1.73. The monoisotopic (exact) mass is 278 g/mol. The molecule has 0 saturated heterocycles. The van der Waals surface area contributed by atoms with Crippen LogP contribution in [-0.4, -0.2) is 18.9 Å². The van der Waals surface area contributed by atoms with E-state index < -0.39 is 0 Å². The number of benzene rings is 1. The van der Waals surface area contributed by atoms with Crippen LogP contribution in [-0.2, 0) is 4.79 Å². The van der Waals surface area contributed by atoms with Crippen molar-refractivity contribution >= 4 is 29.4 Å². The summed E-state index contributed by atoms with van der Waals surface area (Å²) in [5.74, 6) is 1.30. The zero-order chi connectivity index (χ0) is 14.0. The number of carbonyl (C=O) groups excluding carboxylic acids is 1. The molecular weight excluding hydrogens is 264 g/mol. The van der Waals surface area contributed by atoms with Crippen LogP contribution >= 0.6 is 11.6 Å². The van der Waals surface area contributed by atoms with Gasteiger partial charge in [0.05, 0.1) is 7.11 Å². The van der Waals surface area contributed by atoms with Crippen LogP contribution in [0.25, 0.3) is 6.08 Å². The van der Waals surface area contributed by atoms with Crippen molar-refractivity contribution in [3.05, 3.63) is 34.5 Å². The van der Waals surface area contributed by atoms with Gasteiger partial charge in [-0.05, 0) is 24.3 Å². The highest BCUT2D eigenvalue weighted by molar-refractivity contribution is 6.30. The van der Waals surface area contributed by atoms with Crippen molar-refractivity contribution < 1.29 is 9.53 Å². The average Bonchev–Trinajstić information content (AvgIpc) is 2.72.